The van der Waals surface area contributed by atoms with Crippen molar-refractivity contribution in [2.75, 3.05) is 5.75 Å². The van der Waals surface area contributed by atoms with Gasteiger partial charge in [-0.25, -0.2) is 9.78 Å². The van der Waals surface area contributed by atoms with Gasteiger partial charge in [-0.1, -0.05) is 50.4 Å². The van der Waals surface area contributed by atoms with Crippen molar-refractivity contribution in [3.63, 3.8) is 0 Å². The van der Waals surface area contributed by atoms with Gasteiger partial charge in [-0.3, -0.25) is 19.2 Å². The van der Waals surface area contributed by atoms with Gasteiger partial charge >= 0.3 is 5.97 Å². The molecule has 2 atom stereocenters. The zero-order valence-corrected chi connectivity index (χ0v) is 24.0. The topological polar surface area (TPSA) is 157 Å². The van der Waals surface area contributed by atoms with Crippen LogP contribution in [0.15, 0.2) is 22.8 Å². The van der Waals surface area contributed by atoms with E-state index < -0.39 is 41.4 Å². The lowest BCUT2D eigenvalue weighted by molar-refractivity contribution is -0.151. The van der Waals surface area contributed by atoms with E-state index in [1.807, 2.05) is 0 Å². The number of allylic oxidation sites excluding steroid dienone is 1. The molecule has 1 aliphatic heterocycles. The minimum atomic E-state index is -1.36. The maximum atomic E-state index is 12.8. The van der Waals surface area contributed by atoms with Crippen LogP contribution in [0.2, 0.25) is 0 Å². The van der Waals surface area contributed by atoms with Gasteiger partial charge in [0.25, 0.3) is 5.91 Å². The van der Waals surface area contributed by atoms with E-state index >= 15 is 0 Å². The zero-order chi connectivity index (χ0) is 28.8. The van der Waals surface area contributed by atoms with Gasteiger partial charge in [0.05, 0.1) is 13.0 Å². The van der Waals surface area contributed by atoms with E-state index in [1.165, 1.54) is 45.4 Å². The van der Waals surface area contributed by atoms with Crippen molar-refractivity contribution < 1.29 is 33.1 Å². The summed E-state index contributed by atoms with van der Waals surface area (Å²) in [6, 6.07) is -1.04. The molecule has 0 unspecified atom stereocenters. The Hall–Kier alpha value is -3.15. The van der Waals surface area contributed by atoms with Crippen LogP contribution in [0.4, 0.5) is 0 Å². The Morgan fingerprint density at radius 3 is 2.67 bits per heavy atom. The Kier molecular flexibility index (Phi) is 13.2. The quantitative estimate of drug-likeness (QED) is 0.221. The van der Waals surface area contributed by atoms with E-state index in [1.54, 1.807) is 12.2 Å². The highest BCUT2D eigenvalue weighted by Crippen LogP contribution is 2.14. The van der Waals surface area contributed by atoms with E-state index in [2.05, 4.69) is 27.9 Å². The van der Waals surface area contributed by atoms with Gasteiger partial charge in [-0.2, -0.15) is 0 Å². The average Bonchev–Trinajstić information content (AvgIpc) is 3.35. The van der Waals surface area contributed by atoms with Crippen LogP contribution < -0.4 is 16.0 Å². The number of unbranched alkanes of at least 4 members (excludes halogenated alkanes) is 4. The third-order valence-corrected chi connectivity index (χ3v) is 6.92. The number of amides is 3. The Labute approximate surface area is 233 Å². The zero-order valence-electron chi connectivity index (χ0n) is 23.2. The molecular weight excluding hydrogens is 524 g/mol. The maximum Gasteiger partial charge on any atom is 0.328 e. The summed E-state index contributed by atoms with van der Waals surface area (Å²) in [7, 11) is 0. The normalized spacial score (nSPS) is 20.7. The van der Waals surface area contributed by atoms with E-state index in [9.17, 15) is 24.0 Å². The lowest BCUT2D eigenvalue weighted by Gasteiger charge is -2.26. The minimum Gasteiger partial charge on any atom is -0.456 e. The molecule has 3 N–H and O–H groups in total. The van der Waals surface area contributed by atoms with Crippen LogP contribution in [0.3, 0.4) is 0 Å². The molecule has 0 saturated heterocycles. The van der Waals surface area contributed by atoms with E-state index in [0.717, 1.165) is 25.5 Å². The number of thioether (sulfide) groups is 1. The summed E-state index contributed by atoms with van der Waals surface area (Å²) in [6.45, 7) is 6.51. The lowest BCUT2D eigenvalue weighted by atomic mass is 10.0. The number of hydrogen-bond acceptors (Lipinski definition) is 9. The number of carbonyl (C=O) groups excluding carboxylic acids is 5. The summed E-state index contributed by atoms with van der Waals surface area (Å²) in [5, 5.41) is 7.88. The van der Waals surface area contributed by atoms with Gasteiger partial charge < -0.3 is 25.1 Å². The standard InChI is InChI=1S/C27H40N4O7S/c1-5-6-7-8-9-13-23(33)39-14-11-10-12-19-15-21(32)28-16-22-30-20(17-37-22)24(34)31-27(3,4)26(36)29-18(2)25(35)38-19/h10,12,17-19H,5-9,11,13-16H2,1-4H3,(H,28,32)(H,29,36)(H,31,34)/b12-10+/t18-,19+/m0/s1. The van der Waals surface area contributed by atoms with E-state index in [0.29, 0.717) is 18.6 Å². The van der Waals surface area contributed by atoms with Crippen LogP contribution in [-0.2, 0) is 30.5 Å². The molecule has 12 heteroatoms. The molecule has 39 heavy (non-hydrogen) atoms. The Morgan fingerprint density at radius 1 is 1.18 bits per heavy atom. The summed E-state index contributed by atoms with van der Waals surface area (Å²) in [5.41, 5.74) is -1.41. The number of fused-ring (bicyclic) bond motifs is 2. The first-order valence-electron chi connectivity index (χ1n) is 13.4. The first-order chi connectivity index (χ1) is 18.5. The molecule has 1 aromatic rings. The fourth-order valence-electron chi connectivity index (χ4n) is 3.60. The fourth-order valence-corrected chi connectivity index (χ4v) is 4.37. The molecule has 216 valence electrons. The number of oxazole rings is 1. The van der Waals surface area contributed by atoms with Gasteiger partial charge in [-0.05, 0) is 39.7 Å². The largest absolute Gasteiger partial charge is 0.456 e. The third kappa shape index (κ3) is 11.6. The highest BCUT2D eigenvalue weighted by molar-refractivity contribution is 8.13. The maximum absolute atomic E-state index is 12.8. The lowest BCUT2D eigenvalue weighted by Crippen LogP contribution is -2.57. The van der Waals surface area contributed by atoms with Crippen LogP contribution in [0.25, 0.3) is 0 Å². The van der Waals surface area contributed by atoms with Gasteiger partial charge in [0.2, 0.25) is 17.7 Å². The molecule has 0 radical (unpaired) electrons. The monoisotopic (exact) mass is 564 g/mol. The number of rotatable bonds is 10. The SMILES string of the molecule is CCCCCCCC(=O)SCC/C=C/[C@@H]1CC(=O)NCc2nc(co2)C(=O)NC(C)(C)C(=O)N[C@@H](C)C(=O)O1. The number of ether oxygens (including phenoxy) is 1. The van der Waals surface area contributed by atoms with Crippen LogP contribution in [0.1, 0.15) is 95.4 Å². The molecule has 0 fully saturated rings. The second-order valence-corrected chi connectivity index (χ2v) is 11.1. The number of carbonyl (C=O) groups is 5. The summed E-state index contributed by atoms with van der Waals surface area (Å²) < 4.78 is 10.8. The molecule has 3 amide bonds. The van der Waals surface area contributed by atoms with E-state index in [-0.39, 0.29) is 29.7 Å². The molecule has 2 rings (SSSR count). The first-order valence-corrected chi connectivity index (χ1v) is 14.4. The average molecular weight is 565 g/mol. The van der Waals surface area contributed by atoms with Gasteiger partial charge in [0.15, 0.2) is 10.8 Å². The Bertz CT molecular complexity index is 1040. The molecule has 0 aliphatic carbocycles. The van der Waals surface area contributed by atoms with Crippen LogP contribution in [0, 0.1) is 0 Å². The predicted octanol–water partition coefficient (Wildman–Crippen LogP) is 3.19. The van der Waals surface area contributed by atoms with Crippen molar-refractivity contribution in [3.8, 4) is 0 Å². The van der Waals surface area contributed by atoms with Crippen molar-refractivity contribution in [2.24, 2.45) is 0 Å². The second kappa shape index (κ2) is 16.1. The summed E-state index contributed by atoms with van der Waals surface area (Å²) >= 11 is 1.28. The minimum absolute atomic E-state index is 0.0478. The number of cyclic esters (lactones) is 1. The third-order valence-electron chi connectivity index (χ3n) is 5.95. The predicted molar refractivity (Wildman–Crippen MR) is 147 cm³/mol. The second-order valence-electron chi connectivity index (χ2n) is 9.96. The first kappa shape index (κ1) is 32.1. The molecule has 0 saturated carbocycles. The molecule has 2 bridgehead atoms. The molecule has 0 aromatic carbocycles. The molecule has 0 spiro atoms. The Balaban J connectivity index is 2.00. The molecule has 1 aliphatic rings. The number of nitrogens with zero attached hydrogens (tertiary/aromatic N) is 1. The summed E-state index contributed by atoms with van der Waals surface area (Å²) in [4.78, 5) is 66.6. The fraction of sp³-hybridized carbons (Fsp3) is 0.630. The number of nitrogens with one attached hydrogen (secondary N) is 3. The molecular formula is C27H40N4O7S. The number of aromatic nitrogens is 1. The highest BCUT2D eigenvalue weighted by Gasteiger charge is 2.33. The smallest absolute Gasteiger partial charge is 0.328 e. The highest BCUT2D eigenvalue weighted by atomic mass is 32.2. The summed E-state index contributed by atoms with van der Waals surface area (Å²) in [6.07, 6.45) is 10.1. The van der Waals surface area contributed by atoms with Crippen LogP contribution in [-0.4, -0.2) is 57.2 Å². The van der Waals surface area contributed by atoms with Gasteiger partial charge in [0.1, 0.15) is 23.9 Å². The van der Waals surface area contributed by atoms with Crippen molar-refractivity contribution >= 4 is 40.6 Å². The van der Waals surface area contributed by atoms with E-state index in [4.69, 9.17) is 9.15 Å². The Morgan fingerprint density at radius 2 is 1.92 bits per heavy atom. The van der Waals surface area contributed by atoms with Crippen molar-refractivity contribution in [3.05, 3.63) is 30.0 Å². The number of hydrogen-bond donors (Lipinski definition) is 3. The molecule has 2 heterocycles. The number of esters is 1. The van der Waals surface area contributed by atoms with Crippen molar-refractivity contribution in [2.45, 2.75) is 103 Å². The van der Waals surface area contributed by atoms with Crippen molar-refractivity contribution in [1.29, 1.82) is 0 Å². The van der Waals surface area contributed by atoms with Crippen LogP contribution >= 0.6 is 11.8 Å². The van der Waals surface area contributed by atoms with Gasteiger partial charge in [-0.15, -0.1) is 0 Å². The molecule has 1 aromatic heterocycles. The molecule has 11 nitrogen and oxygen atoms in total. The van der Waals surface area contributed by atoms with Gasteiger partial charge in [0, 0.05) is 12.2 Å². The summed E-state index contributed by atoms with van der Waals surface area (Å²) in [5.74, 6) is -1.73. The van der Waals surface area contributed by atoms with Crippen molar-refractivity contribution in [1.82, 2.24) is 20.9 Å². The van der Waals surface area contributed by atoms with Crippen LogP contribution in [0.5, 0.6) is 0 Å².